The molecule has 0 spiro atoms. The van der Waals surface area contributed by atoms with Crippen LogP contribution in [0, 0.1) is 0 Å². The van der Waals surface area contributed by atoms with Crippen LogP contribution in [0.2, 0.25) is 0 Å². The number of nitrogens with two attached hydrogens (primary N) is 1. The van der Waals surface area contributed by atoms with Gasteiger partial charge in [-0.2, -0.15) is 0 Å². The number of rotatable bonds is 5. The SMILES string of the molecule is Cl.NCCCCCC(=O)NO. The molecule has 0 saturated carbocycles. The summed E-state index contributed by atoms with van der Waals surface area (Å²) in [5.41, 5.74) is 6.80. The van der Waals surface area contributed by atoms with Gasteiger partial charge in [0.25, 0.3) is 0 Å². The van der Waals surface area contributed by atoms with E-state index in [1.165, 1.54) is 0 Å². The van der Waals surface area contributed by atoms with Crippen LogP contribution in [0.5, 0.6) is 0 Å². The predicted octanol–water partition coefficient (Wildman–Crippen LogP) is 0.433. The smallest absolute Gasteiger partial charge is 0.243 e. The Labute approximate surface area is 72.5 Å². The van der Waals surface area contributed by atoms with Crippen LogP contribution in [0.25, 0.3) is 0 Å². The van der Waals surface area contributed by atoms with Crippen molar-refractivity contribution < 1.29 is 10.0 Å². The molecule has 0 aromatic carbocycles. The Hall–Kier alpha value is -0.320. The first-order chi connectivity index (χ1) is 4.81. The maximum Gasteiger partial charge on any atom is 0.243 e. The van der Waals surface area contributed by atoms with Gasteiger partial charge in [0.15, 0.2) is 0 Å². The molecule has 0 aliphatic heterocycles. The van der Waals surface area contributed by atoms with Crippen LogP contribution in [0.3, 0.4) is 0 Å². The maximum absolute atomic E-state index is 10.4. The molecule has 4 N–H and O–H groups in total. The summed E-state index contributed by atoms with van der Waals surface area (Å²) in [7, 11) is 0. The fraction of sp³-hybridized carbons (Fsp3) is 0.833. The summed E-state index contributed by atoms with van der Waals surface area (Å²) in [5, 5.41) is 8.07. The van der Waals surface area contributed by atoms with E-state index >= 15 is 0 Å². The third-order valence-corrected chi connectivity index (χ3v) is 1.23. The fourth-order valence-electron chi connectivity index (χ4n) is 0.663. The Morgan fingerprint density at radius 2 is 2.00 bits per heavy atom. The van der Waals surface area contributed by atoms with Crippen LogP contribution >= 0.6 is 12.4 Å². The number of carbonyl (C=O) groups is 1. The van der Waals surface area contributed by atoms with Gasteiger partial charge in [-0.15, -0.1) is 12.4 Å². The molecule has 4 nitrogen and oxygen atoms in total. The lowest BCUT2D eigenvalue weighted by molar-refractivity contribution is -0.129. The Balaban J connectivity index is 0. The highest BCUT2D eigenvalue weighted by molar-refractivity contribution is 5.85. The summed E-state index contributed by atoms with van der Waals surface area (Å²) in [6.07, 6.45) is 3.07. The lowest BCUT2D eigenvalue weighted by Gasteiger charge is -1.96. The van der Waals surface area contributed by atoms with Gasteiger partial charge >= 0.3 is 0 Å². The molecule has 0 aromatic heterocycles. The first-order valence-corrected chi connectivity index (χ1v) is 3.44. The summed E-state index contributed by atoms with van der Waals surface area (Å²) in [6.45, 7) is 0.667. The van der Waals surface area contributed by atoms with Gasteiger partial charge in [0.05, 0.1) is 0 Å². The summed E-state index contributed by atoms with van der Waals surface area (Å²) in [5.74, 6) is -0.322. The molecule has 0 unspecified atom stereocenters. The predicted molar refractivity (Wildman–Crippen MR) is 44.7 cm³/mol. The Bertz CT molecular complexity index is 101. The molecule has 1 amide bonds. The van der Waals surface area contributed by atoms with E-state index in [1.54, 1.807) is 5.48 Å². The van der Waals surface area contributed by atoms with E-state index in [4.69, 9.17) is 10.9 Å². The first kappa shape index (κ1) is 13.3. The van der Waals surface area contributed by atoms with Crippen molar-refractivity contribution in [1.82, 2.24) is 5.48 Å². The number of unbranched alkanes of at least 4 members (excludes halogenated alkanes) is 2. The highest BCUT2D eigenvalue weighted by Gasteiger charge is 1.96. The minimum atomic E-state index is -0.322. The van der Waals surface area contributed by atoms with Crippen molar-refractivity contribution in [2.24, 2.45) is 5.73 Å². The Morgan fingerprint density at radius 1 is 1.36 bits per heavy atom. The molecule has 0 aromatic rings. The van der Waals surface area contributed by atoms with Gasteiger partial charge in [-0.1, -0.05) is 6.42 Å². The van der Waals surface area contributed by atoms with Crippen LogP contribution in [0.1, 0.15) is 25.7 Å². The van der Waals surface area contributed by atoms with Gasteiger partial charge < -0.3 is 5.73 Å². The second-order valence-electron chi connectivity index (χ2n) is 2.13. The average molecular weight is 183 g/mol. The molecule has 0 radical (unpaired) electrons. The molecule has 0 saturated heterocycles. The number of carbonyl (C=O) groups excluding carboxylic acids is 1. The van der Waals surface area contributed by atoms with Crippen LogP contribution in [0.4, 0.5) is 0 Å². The molecule has 0 rings (SSSR count). The van der Waals surface area contributed by atoms with Gasteiger partial charge in [-0.05, 0) is 19.4 Å². The standard InChI is InChI=1S/C6H14N2O2.ClH/c7-5-3-1-2-4-6(9)8-10;/h10H,1-5,7H2,(H,8,9);1H. The third kappa shape index (κ3) is 9.68. The number of nitrogens with one attached hydrogen (secondary N) is 1. The zero-order valence-corrected chi connectivity index (χ0v) is 7.19. The van der Waals surface area contributed by atoms with Gasteiger partial charge in [-0.3, -0.25) is 10.0 Å². The van der Waals surface area contributed by atoms with Crippen LogP contribution in [-0.4, -0.2) is 17.7 Å². The lowest BCUT2D eigenvalue weighted by Crippen LogP contribution is -2.17. The molecule has 0 fully saturated rings. The van der Waals surface area contributed by atoms with E-state index in [-0.39, 0.29) is 18.3 Å². The van der Waals surface area contributed by atoms with E-state index in [0.29, 0.717) is 13.0 Å². The zero-order chi connectivity index (χ0) is 7.82. The van der Waals surface area contributed by atoms with Crippen LogP contribution in [0.15, 0.2) is 0 Å². The summed E-state index contributed by atoms with van der Waals surface area (Å²) >= 11 is 0. The van der Waals surface area contributed by atoms with E-state index in [2.05, 4.69) is 0 Å². The minimum absolute atomic E-state index is 0. The third-order valence-electron chi connectivity index (χ3n) is 1.23. The molecular formula is C6H15ClN2O2. The molecule has 0 atom stereocenters. The quantitative estimate of drug-likeness (QED) is 0.328. The normalized spacial score (nSPS) is 8.55. The van der Waals surface area contributed by atoms with Crippen molar-refractivity contribution in [3.05, 3.63) is 0 Å². The van der Waals surface area contributed by atoms with Gasteiger partial charge in [0.2, 0.25) is 5.91 Å². The largest absolute Gasteiger partial charge is 0.330 e. The molecular weight excluding hydrogens is 168 g/mol. The highest BCUT2D eigenvalue weighted by atomic mass is 35.5. The van der Waals surface area contributed by atoms with Gasteiger partial charge in [-0.25, -0.2) is 5.48 Å². The lowest BCUT2D eigenvalue weighted by atomic mass is 10.2. The van der Waals surface area contributed by atoms with Crippen molar-refractivity contribution in [2.45, 2.75) is 25.7 Å². The second-order valence-corrected chi connectivity index (χ2v) is 2.13. The molecule has 68 valence electrons. The van der Waals surface area contributed by atoms with Crippen molar-refractivity contribution >= 4 is 18.3 Å². The van der Waals surface area contributed by atoms with Crippen molar-refractivity contribution in [3.8, 4) is 0 Å². The summed E-state index contributed by atoms with van der Waals surface area (Å²) < 4.78 is 0. The van der Waals surface area contributed by atoms with E-state index in [1.807, 2.05) is 0 Å². The highest BCUT2D eigenvalue weighted by Crippen LogP contribution is 1.97. The number of hydrogen-bond acceptors (Lipinski definition) is 3. The molecule has 0 aliphatic rings. The fourth-order valence-corrected chi connectivity index (χ4v) is 0.663. The molecule has 0 bridgehead atoms. The van der Waals surface area contributed by atoms with Crippen molar-refractivity contribution in [2.75, 3.05) is 6.54 Å². The molecule has 0 aliphatic carbocycles. The molecule has 11 heavy (non-hydrogen) atoms. The Morgan fingerprint density at radius 3 is 2.45 bits per heavy atom. The van der Waals surface area contributed by atoms with E-state index in [0.717, 1.165) is 19.3 Å². The molecule has 5 heteroatoms. The van der Waals surface area contributed by atoms with E-state index < -0.39 is 0 Å². The van der Waals surface area contributed by atoms with Crippen molar-refractivity contribution in [3.63, 3.8) is 0 Å². The van der Waals surface area contributed by atoms with Gasteiger partial charge in [0.1, 0.15) is 0 Å². The summed E-state index contributed by atoms with van der Waals surface area (Å²) in [4.78, 5) is 10.4. The Kier molecular flexibility index (Phi) is 11.7. The summed E-state index contributed by atoms with van der Waals surface area (Å²) in [6, 6.07) is 0. The topological polar surface area (TPSA) is 75.4 Å². The van der Waals surface area contributed by atoms with Gasteiger partial charge in [0, 0.05) is 6.42 Å². The first-order valence-electron chi connectivity index (χ1n) is 3.44. The molecule has 0 heterocycles. The minimum Gasteiger partial charge on any atom is -0.330 e. The zero-order valence-electron chi connectivity index (χ0n) is 6.38. The van der Waals surface area contributed by atoms with E-state index in [9.17, 15) is 4.79 Å². The van der Waals surface area contributed by atoms with Crippen LogP contribution in [-0.2, 0) is 4.79 Å². The monoisotopic (exact) mass is 182 g/mol. The average Bonchev–Trinajstić information content (AvgIpc) is 1.98. The van der Waals surface area contributed by atoms with Crippen LogP contribution < -0.4 is 11.2 Å². The number of halogens is 1. The maximum atomic E-state index is 10.4. The number of hydrogen-bond donors (Lipinski definition) is 3. The number of amides is 1. The second kappa shape index (κ2) is 9.68. The van der Waals surface area contributed by atoms with Crippen molar-refractivity contribution in [1.29, 1.82) is 0 Å². The number of hydroxylamine groups is 1.